The zero-order chi connectivity index (χ0) is 18.4. The van der Waals surface area contributed by atoms with E-state index >= 15 is 0 Å². The second kappa shape index (κ2) is 8.76. The molecule has 0 amide bonds. The molecule has 0 aliphatic rings. The topological polar surface area (TPSA) is 54.5 Å². The van der Waals surface area contributed by atoms with E-state index in [2.05, 4.69) is 15.2 Å². The number of aromatic nitrogens is 1. The number of carbonyl (C=O) groups is 1. The Hall–Kier alpha value is -2.21. The molecule has 0 aliphatic carbocycles. The molecule has 0 aliphatic heterocycles. The number of halogens is 1. The zero-order valence-electron chi connectivity index (χ0n) is 15.4. The third-order valence-electron chi connectivity index (χ3n) is 4.14. The minimum Gasteiger partial charge on any atom is -0.469 e. The van der Waals surface area contributed by atoms with Crippen molar-refractivity contribution in [1.29, 1.82) is 0 Å². The summed E-state index contributed by atoms with van der Waals surface area (Å²) in [6.07, 6.45) is 2.15. The van der Waals surface area contributed by atoms with Gasteiger partial charge >= 0.3 is 5.97 Å². The van der Waals surface area contributed by atoms with E-state index in [4.69, 9.17) is 4.74 Å². The van der Waals surface area contributed by atoms with Crippen molar-refractivity contribution in [2.75, 3.05) is 39.6 Å². The largest absolute Gasteiger partial charge is 0.469 e. The predicted octanol–water partition coefficient (Wildman–Crippen LogP) is 3.15. The van der Waals surface area contributed by atoms with E-state index in [1.54, 1.807) is 6.07 Å². The lowest BCUT2D eigenvalue weighted by molar-refractivity contribution is -0.139. The lowest BCUT2D eigenvalue weighted by atomic mass is 10.0. The highest BCUT2D eigenvalue weighted by atomic mass is 19.1. The quantitative estimate of drug-likeness (QED) is 0.587. The Morgan fingerprint density at radius 3 is 2.76 bits per heavy atom. The summed E-state index contributed by atoms with van der Waals surface area (Å²) >= 11 is 0. The van der Waals surface area contributed by atoms with Crippen molar-refractivity contribution in [2.45, 2.75) is 26.2 Å². The molecule has 0 unspecified atom stereocenters. The molecule has 136 valence electrons. The number of hydrogen-bond acceptors (Lipinski definition) is 5. The Labute approximate surface area is 148 Å². The number of ether oxygens (including phenoxy) is 1. The summed E-state index contributed by atoms with van der Waals surface area (Å²) in [6, 6.07) is 4.52. The molecule has 1 aromatic carbocycles. The fraction of sp³-hybridized carbons (Fsp3) is 0.474. The molecule has 0 radical (unpaired) electrons. The van der Waals surface area contributed by atoms with Crippen LogP contribution in [0, 0.1) is 12.7 Å². The van der Waals surface area contributed by atoms with E-state index in [0.29, 0.717) is 10.9 Å². The van der Waals surface area contributed by atoms with E-state index in [9.17, 15) is 9.18 Å². The minimum absolute atomic E-state index is 0.113. The van der Waals surface area contributed by atoms with Crippen LogP contribution in [0.4, 0.5) is 10.1 Å². The molecule has 5 nitrogen and oxygen atoms in total. The molecule has 2 aromatic rings. The van der Waals surface area contributed by atoms with Gasteiger partial charge in [-0.3, -0.25) is 9.78 Å². The molecule has 6 heteroatoms. The van der Waals surface area contributed by atoms with Crippen LogP contribution >= 0.6 is 0 Å². The average molecular weight is 347 g/mol. The number of pyridine rings is 1. The van der Waals surface area contributed by atoms with Crippen molar-refractivity contribution in [1.82, 2.24) is 9.88 Å². The van der Waals surface area contributed by atoms with E-state index in [1.807, 2.05) is 21.0 Å². The van der Waals surface area contributed by atoms with Crippen LogP contribution < -0.4 is 5.32 Å². The van der Waals surface area contributed by atoms with Gasteiger partial charge < -0.3 is 15.0 Å². The van der Waals surface area contributed by atoms with Crippen molar-refractivity contribution in [3.8, 4) is 0 Å². The van der Waals surface area contributed by atoms with Crippen LogP contribution in [0.3, 0.4) is 0 Å². The van der Waals surface area contributed by atoms with Gasteiger partial charge in [-0.15, -0.1) is 0 Å². The van der Waals surface area contributed by atoms with Gasteiger partial charge in [0.15, 0.2) is 0 Å². The highest BCUT2D eigenvalue weighted by Crippen LogP contribution is 2.30. The average Bonchev–Trinajstić information content (AvgIpc) is 2.57. The molecule has 2 rings (SSSR count). The Morgan fingerprint density at radius 1 is 1.32 bits per heavy atom. The van der Waals surface area contributed by atoms with Crippen LogP contribution in [0.5, 0.6) is 0 Å². The van der Waals surface area contributed by atoms with Gasteiger partial charge in [-0.05, 0) is 58.6 Å². The molecule has 1 N–H and O–H groups in total. The fourth-order valence-electron chi connectivity index (χ4n) is 2.80. The van der Waals surface area contributed by atoms with Crippen LogP contribution in [0.1, 0.15) is 24.1 Å². The van der Waals surface area contributed by atoms with Crippen LogP contribution in [-0.2, 0) is 16.0 Å². The summed E-state index contributed by atoms with van der Waals surface area (Å²) in [5, 5.41) is 4.09. The molecule has 25 heavy (non-hydrogen) atoms. The highest BCUT2D eigenvalue weighted by molar-refractivity contribution is 5.95. The van der Waals surface area contributed by atoms with Gasteiger partial charge in [0.2, 0.25) is 0 Å². The summed E-state index contributed by atoms with van der Waals surface area (Å²) < 4.78 is 18.6. The molecule has 0 atom stereocenters. The lowest BCUT2D eigenvalue weighted by Crippen LogP contribution is -2.15. The highest BCUT2D eigenvalue weighted by Gasteiger charge is 2.16. The van der Waals surface area contributed by atoms with Gasteiger partial charge in [0, 0.05) is 28.9 Å². The smallest absolute Gasteiger partial charge is 0.310 e. The molecular formula is C19H26FN3O2. The second-order valence-corrected chi connectivity index (χ2v) is 6.40. The normalized spacial score (nSPS) is 11.1. The molecule has 1 heterocycles. The van der Waals surface area contributed by atoms with Crippen LogP contribution in [0.2, 0.25) is 0 Å². The maximum absolute atomic E-state index is 13.8. The van der Waals surface area contributed by atoms with Crippen molar-refractivity contribution in [2.24, 2.45) is 0 Å². The minimum atomic E-state index is -0.337. The SMILES string of the molecule is COC(=O)Cc1c(C)nc2ccc(F)cc2c1NCCCCN(C)C. The Kier molecular flexibility index (Phi) is 6.70. The van der Waals surface area contributed by atoms with Crippen LogP contribution in [0.15, 0.2) is 18.2 Å². The Balaban J connectivity index is 2.32. The van der Waals surface area contributed by atoms with Crippen molar-refractivity contribution in [3.63, 3.8) is 0 Å². The maximum atomic E-state index is 13.8. The number of nitrogens with one attached hydrogen (secondary N) is 1. The summed E-state index contributed by atoms with van der Waals surface area (Å²) in [5.74, 6) is -0.658. The van der Waals surface area contributed by atoms with E-state index in [0.717, 1.165) is 42.9 Å². The molecule has 0 spiro atoms. The van der Waals surface area contributed by atoms with Gasteiger partial charge in [-0.25, -0.2) is 4.39 Å². The summed E-state index contributed by atoms with van der Waals surface area (Å²) in [7, 11) is 5.45. The molecule has 0 bridgehead atoms. The number of fused-ring (bicyclic) bond motifs is 1. The summed E-state index contributed by atoms with van der Waals surface area (Å²) in [6.45, 7) is 3.62. The van der Waals surface area contributed by atoms with Gasteiger partial charge in [-0.2, -0.15) is 0 Å². The third-order valence-corrected chi connectivity index (χ3v) is 4.14. The van der Waals surface area contributed by atoms with Gasteiger partial charge in [0.1, 0.15) is 5.82 Å². The Bertz CT molecular complexity index is 747. The van der Waals surface area contributed by atoms with E-state index < -0.39 is 0 Å². The first kappa shape index (κ1) is 19.1. The van der Waals surface area contributed by atoms with Crippen molar-refractivity contribution in [3.05, 3.63) is 35.3 Å². The third kappa shape index (κ3) is 5.13. The van der Waals surface area contributed by atoms with Gasteiger partial charge in [-0.1, -0.05) is 0 Å². The molecule has 0 saturated carbocycles. The lowest BCUT2D eigenvalue weighted by Gasteiger charge is -2.17. The number of benzene rings is 1. The number of anilines is 1. The first-order valence-electron chi connectivity index (χ1n) is 8.46. The predicted molar refractivity (Wildman–Crippen MR) is 98.4 cm³/mol. The number of hydrogen-bond donors (Lipinski definition) is 1. The van der Waals surface area contributed by atoms with Gasteiger partial charge in [0.25, 0.3) is 0 Å². The molecule has 1 aromatic heterocycles. The first-order valence-corrected chi connectivity index (χ1v) is 8.46. The molecule has 0 saturated heterocycles. The van der Waals surface area contributed by atoms with Crippen molar-refractivity contribution >= 4 is 22.6 Å². The van der Waals surface area contributed by atoms with Crippen molar-refractivity contribution < 1.29 is 13.9 Å². The zero-order valence-corrected chi connectivity index (χ0v) is 15.4. The number of methoxy groups -OCH3 is 1. The Morgan fingerprint density at radius 2 is 2.08 bits per heavy atom. The number of nitrogens with zero attached hydrogens (tertiary/aromatic N) is 2. The number of aryl methyl sites for hydroxylation is 1. The monoisotopic (exact) mass is 347 g/mol. The molecular weight excluding hydrogens is 321 g/mol. The van der Waals surface area contributed by atoms with Crippen LogP contribution in [0.25, 0.3) is 10.9 Å². The number of carbonyl (C=O) groups excluding carboxylic acids is 1. The second-order valence-electron chi connectivity index (χ2n) is 6.40. The summed E-state index contributed by atoms with van der Waals surface area (Å²) in [5.41, 5.74) is 3.00. The number of esters is 1. The number of unbranched alkanes of at least 4 members (excludes halogenated alkanes) is 1. The first-order chi connectivity index (χ1) is 11.9. The van der Waals surface area contributed by atoms with Gasteiger partial charge in [0.05, 0.1) is 19.0 Å². The maximum Gasteiger partial charge on any atom is 0.310 e. The summed E-state index contributed by atoms with van der Waals surface area (Å²) in [4.78, 5) is 18.4. The molecule has 0 fully saturated rings. The van der Waals surface area contributed by atoms with E-state index in [-0.39, 0.29) is 18.2 Å². The van der Waals surface area contributed by atoms with Crippen LogP contribution in [-0.4, -0.2) is 50.1 Å². The fourth-order valence-corrected chi connectivity index (χ4v) is 2.80. The number of rotatable bonds is 8. The standard InChI is InChI=1S/C19H26FN3O2/c1-13-15(12-18(24)25-4)19(21-9-5-6-10-23(2)3)16-11-14(20)7-8-17(16)22-13/h7-8,11H,5-6,9-10,12H2,1-4H3,(H,21,22). The van der Waals surface area contributed by atoms with E-state index in [1.165, 1.54) is 19.2 Å².